The molecule has 7 heteroatoms. The van der Waals surface area contributed by atoms with Crippen LogP contribution in [0, 0.1) is 0 Å². The number of hydrogen-bond acceptors (Lipinski definition) is 5. The fourth-order valence-electron chi connectivity index (χ4n) is 3.24. The van der Waals surface area contributed by atoms with Crippen LogP contribution in [0.1, 0.15) is 50.5 Å². The van der Waals surface area contributed by atoms with Gasteiger partial charge in [0.15, 0.2) is 0 Å². The van der Waals surface area contributed by atoms with E-state index in [0.717, 1.165) is 11.3 Å². The number of carbonyl (C=O) groups excluding carboxylic acids is 2. The van der Waals surface area contributed by atoms with Gasteiger partial charge in [-0.2, -0.15) is 0 Å². The van der Waals surface area contributed by atoms with Crippen molar-refractivity contribution < 1.29 is 19.1 Å². The summed E-state index contributed by atoms with van der Waals surface area (Å²) in [4.78, 5) is 28.5. The summed E-state index contributed by atoms with van der Waals surface area (Å²) in [7, 11) is 1.38. The van der Waals surface area contributed by atoms with E-state index in [1.165, 1.54) is 7.11 Å². The minimum atomic E-state index is -0.508. The van der Waals surface area contributed by atoms with Crippen molar-refractivity contribution in [3.05, 3.63) is 29.3 Å². The van der Waals surface area contributed by atoms with Crippen LogP contribution in [0.2, 0.25) is 0 Å². The van der Waals surface area contributed by atoms with Crippen LogP contribution in [-0.2, 0) is 14.8 Å². The molecule has 1 aromatic rings. The first-order valence-electron chi connectivity index (χ1n) is 9.10. The fraction of sp³-hybridized carbons (Fsp3) is 0.600. The highest BCUT2D eigenvalue weighted by molar-refractivity contribution is 9.08. The van der Waals surface area contributed by atoms with E-state index in [-0.39, 0.29) is 24.1 Å². The molecule has 2 rings (SSSR count). The number of piperazine rings is 1. The van der Waals surface area contributed by atoms with Crippen molar-refractivity contribution in [1.29, 1.82) is 0 Å². The van der Waals surface area contributed by atoms with E-state index in [0.29, 0.717) is 24.0 Å². The van der Waals surface area contributed by atoms with E-state index in [2.05, 4.69) is 27.8 Å². The van der Waals surface area contributed by atoms with Crippen molar-refractivity contribution in [3.8, 4) is 0 Å². The molecule has 0 radical (unpaired) electrons. The Bertz CT molecular complexity index is 702. The summed E-state index contributed by atoms with van der Waals surface area (Å²) in [6.07, 6.45) is -0.274. The van der Waals surface area contributed by atoms with Gasteiger partial charge in [-0.05, 0) is 58.4 Å². The SMILES string of the molecule is COC(=O)c1ccc(N2C[C@H](C)N(C(=O)OC(C)(C)C)C[C@H]2C)cc1CBr. The molecule has 2 atom stereocenters. The van der Waals surface area contributed by atoms with E-state index in [1.807, 2.05) is 39.8 Å². The lowest BCUT2D eigenvalue weighted by atomic mass is 10.0. The molecule has 1 aliphatic heterocycles. The molecule has 0 aliphatic carbocycles. The Labute approximate surface area is 169 Å². The number of amides is 1. The van der Waals surface area contributed by atoms with Gasteiger partial charge in [0.2, 0.25) is 0 Å². The highest BCUT2D eigenvalue weighted by atomic mass is 79.9. The lowest BCUT2D eigenvalue weighted by Gasteiger charge is -2.45. The van der Waals surface area contributed by atoms with Crippen LogP contribution in [-0.4, -0.2) is 54.8 Å². The van der Waals surface area contributed by atoms with Crippen LogP contribution < -0.4 is 4.90 Å². The maximum atomic E-state index is 12.5. The second kappa shape index (κ2) is 8.50. The summed E-state index contributed by atoms with van der Waals surface area (Å²) in [5.74, 6) is -0.341. The Morgan fingerprint density at radius 1 is 1.19 bits per heavy atom. The topological polar surface area (TPSA) is 59.1 Å². The number of carbonyl (C=O) groups is 2. The Balaban J connectivity index is 2.20. The number of rotatable bonds is 3. The lowest BCUT2D eigenvalue weighted by Crippen LogP contribution is -2.59. The molecule has 1 saturated heterocycles. The van der Waals surface area contributed by atoms with Crippen LogP contribution in [0.25, 0.3) is 0 Å². The number of hydrogen-bond donors (Lipinski definition) is 0. The highest BCUT2D eigenvalue weighted by Crippen LogP contribution is 2.28. The van der Waals surface area contributed by atoms with E-state index in [9.17, 15) is 9.59 Å². The van der Waals surface area contributed by atoms with Crippen LogP contribution in [0.3, 0.4) is 0 Å². The number of benzene rings is 1. The van der Waals surface area contributed by atoms with Crippen molar-refractivity contribution in [2.45, 2.75) is 57.6 Å². The molecule has 27 heavy (non-hydrogen) atoms. The van der Waals surface area contributed by atoms with Crippen molar-refractivity contribution >= 4 is 33.7 Å². The van der Waals surface area contributed by atoms with E-state index in [1.54, 1.807) is 11.0 Å². The Hall–Kier alpha value is -1.76. The molecule has 1 fully saturated rings. The van der Waals surface area contributed by atoms with Gasteiger partial charge in [-0.15, -0.1) is 0 Å². The zero-order valence-electron chi connectivity index (χ0n) is 16.9. The van der Waals surface area contributed by atoms with E-state index < -0.39 is 5.60 Å². The zero-order chi connectivity index (χ0) is 20.4. The van der Waals surface area contributed by atoms with Gasteiger partial charge in [0.05, 0.1) is 12.7 Å². The van der Waals surface area contributed by atoms with Gasteiger partial charge in [-0.1, -0.05) is 15.9 Å². The standard InChI is InChI=1S/C20H29BrN2O4/c1-13-12-23(19(25)27-20(3,4)5)14(2)11-22(13)16-7-8-17(18(24)26-6)15(9-16)10-21/h7-9,13-14H,10-12H2,1-6H3/t13-,14+/m1/s1. The molecular formula is C20H29BrN2O4. The number of halogens is 1. The third-order valence-corrected chi connectivity index (χ3v) is 5.19. The summed E-state index contributed by atoms with van der Waals surface area (Å²) in [6.45, 7) is 11.0. The van der Waals surface area contributed by atoms with Gasteiger partial charge >= 0.3 is 12.1 Å². The van der Waals surface area contributed by atoms with E-state index in [4.69, 9.17) is 9.47 Å². The minimum Gasteiger partial charge on any atom is -0.465 e. The second-order valence-electron chi connectivity index (χ2n) is 7.95. The largest absolute Gasteiger partial charge is 0.465 e. The van der Waals surface area contributed by atoms with Crippen molar-refractivity contribution in [3.63, 3.8) is 0 Å². The smallest absolute Gasteiger partial charge is 0.410 e. The molecule has 0 N–H and O–H groups in total. The molecule has 0 saturated carbocycles. The third kappa shape index (κ3) is 5.15. The van der Waals surface area contributed by atoms with Crippen molar-refractivity contribution in [2.24, 2.45) is 0 Å². The summed E-state index contributed by atoms with van der Waals surface area (Å²) >= 11 is 3.45. The van der Waals surface area contributed by atoms with E-state index >= 15 is 0 Å². The minimum absolute atomic E-state index is 0.0174. The second-order valence-corrected chi connectivity index (χ2v) is 8.51. The van der Waals surface area contributed by atoms with Gasteiger partial charge in [-0.25, -0.2) is 9.59 Å². The molecule has 1 amide bonds. The Morgan fingerprint density at radius 2 is 1.85 bits per heavy atom. The van der Waals surface area contributed by atoms with Crippen molar-refractivity contribution in [2.75, 3.05) is 25.1 Å². The summed E-state index contributed by atoms with van der Waals surface area (Å²) in [6, 6.07) is 5.89. The average molecular weight is 441 g/mol. The van der Waals surface area contributed by atoms with Gasteiger partial charge in [-0.3, -0.25) is 0 Å². The summed E-state index contributed by atoms with van der Waals surface area (Å²) < 4.78 is 10.4. The summed E-state index contributed by atoms with van der Waals surface area (Å²) in [5, 5.41) is 0.563. The normalized spacial score (nSPS) is 20.4. The summed E-state index contributed by atoms with van der Waals surface area (Å²) in [5.41, 5.74) is 1.96. The molecule has 150 valence electrons. The molecule has 6 nitrogen and oxygen atoms in total. The number of anilines is 1. The number of ether oxygens (including phenoxy) is 2. The van der Waals surface area contributed by atoms with Crippen molar-refractivity contribution in [1.82, 2.24) is 4.90 Å². The molecule has 0 aromatic heterocycles. The quantitative estimate of drug-likeness (QED) is 0.520. The molecule has 0 bridgehead atoms. The molecule has 1 aromatic carbocycles. The first kappa shape index (κ1) is 21.5. The number of nitrogens with zero attached hydrogens (tertiary/aromatic N) is 2. The maximum Gasteiger partial charge on any atom is 0.410 e. The number of esters is 1. The molecule has 1 aliphatic rings. The number of methoxy groups -OCH3 is 1. The van der Waals surface area contributed by atoms with Crippen LogP contribution in [0.15, 0.2) is 18.2 Å². The first-order valence-corrected chi connectivity index (χ1v) is 10.2. The van der Waals surface area contributed by atoms with Gasteiger partial charge in [0.25, 0.3) is 0 Å². The first-order chi connectivity index (χ1) is 12.6. The van der Waals surface area contributed by atoms with Crippen LogP contribution in [0.5, 0.6) is 0 Å². The number of alkyl halides is 1. The fourth-order valence-corrected chi connectivity index (χ4v) is 3.70. The Kier molecular flexibility index (Phi) is 6.78. The lowest BCUT2D eigenvalue weighted by molar-refractivity contribution is 0.0130. The Morgan fingerprint density at radius 3 is 2.41 bits per heavy atom. The maximum absolute atomic E-state index is 12.5. The molecule has 0 spiro atoms. The molecule has 0 unspecified atom stereocenters. The highest BCUT2D eigenvalue weighted by Gasteiger charge is 2.34. The molecular weight excluding hydrogens is 412 g/mol. The zero-order valence-corrected chi connectivity index (χ0v) is 18.5. The van der Waals surface area contributed by atoms with Crippen LogP contribution >= 0.6 is 15.9 Å². The predicted octanol–water partition coefficient (Wildman–Crippen LogP) is 4.20. The monoisotopic (exact) mass is 440 g/mol. The predicted molar refractivity (Wildman–Crippen MR) is 110 cm³/mol. The average Bonchev–Trinajstić information content (AvgIpc) is 2.60. The van der Waals surface area contributed by atoms with Gasteiger partial charge in [0.1, 0.15) is 5.60 Å². The van der Waals surface area contributed by atoms with Gasteiger partial charge < -0.3 is 19.3 Å². The van der Waals surface area contributed by atoms with Crippen LogP contribution in [0.4, 0.5) is 10.5 Å². The molecule has 1 heterocycles. The van der Waals surface area contributed by atoms with Gasteiger partial charge in [0, 0.05) is 36.2 Å². The third-order valence-electron chi connectivity index (χ3n) is 4.58.